The lowest BCUT2D eigenvalue weighted by Crippen LogP contribution is -2.52. The van der Waals surface area contributed by atoms with Crippen LogP contribution in [0.5, 0.6) is 17.2 Å². The first-order valence-corrected chi connectivity index (χ1v) is 9.08. The van der Waals surface area contributed by atoms with Crippen LogP contribution < -0.4 is 14.2 Å². The molecule has 0 radical (unpaired) electrons. The lowest BCUT2D eigenvalue weighted by atomic mass is 10.1. The van der Waals surface area contributed by atoms with Gasteiger partial charge in [-0.25, -0.2) is 0 Å². The highest BCUT2D eigenvalue weighted by atomic mass is 16.5. The summed E-state index contributed by atoms with van der Waals surface area (Å²) in [5.74, 6) is 1.03. The van der Waals surface area contributed by atoms with Gasteiger partial charge in [-0.15, -0.1) is 0 Å². The summed E-state index contributed by atoms with van der Waals surface area (Å²) in [5, 5.41) is 0. The van der Waals surface area contributed by atoms with E-state index in [1.54, 1.807) is 17.0 Å². The predicted molar refractivity (Wildman–Crippen MR) is 97.6 cm³/mol. The zero-order valence-corrected chi connectivity index (χ0v) is 16.0. The molecule has 0 unspecified atom stereocenters. The van der Waals surface area contributed by atoms with Crippen LogP contribution in [0.2, 0.25) is 0 Å². The van der Waals surface area contributed by atoms with Gasteiger partial charge in [0.25, 0.3) is 11.8 Å². The van der Waals surface area contributed by atoms with Crippen LogP contribution in [-0.2, 0) is 9.53 Å². The van der Waals surface area contributed by atoms with Crippen LogP contribution in [0.1, 0.15) is 23.2 Å². The Hall–Kier alpha value is -2.48. The summed E-state index contributed by atoms with van der Waals surface area (Å²) < 4.78 is 21.6. The van der Waals surface area contributed by atoms with Crippen LogP contribution in [0.4, 0.5) is 0 Å². The number of hydrogen-bond acceptors (Lipinski definition) is 6. The summed E-state index contributed by atoms with van der Waals surface area (Å²) >= 11 is 0. The van der Waals surface area contributed by atoms with Gasteiger partial charge in [-0.2, -0.15) is 0 Å². The van der Waals surface area contributed by atoms with E-state index in [4.69, 9.17) is 18.9 Å². The standard InChI is InChI=1S/C19H26N2O6/c1-24-14-10-13(11-15(25-2)17(14)26-3)18(22)21-8-9-27-16(12-21)19(23)20-6-4-5-7-20/h10-11,16H,4-9,12H2,1-3H3/t16-/m1/s1. The fourth-order valence-corrected chi connectivity index (χ4v) is 3.51. The average molecular weight is 378 g/mol. The van der Waals surface area contributed by atoms with E-state index in [0.717, 1.165) is 25.9 Å². The zero-order chi connectivity index (χ0) is 19.4. The number of nitrogens with zero attached hydrogens (tertiary/aromatic N) is 2. The summed E-state index contributed by atoms with van der Waals surface area (Å²) in [6, 6.07) is 3.24. The minimum absolute atomic E-state index is 0.0325. The van der Waals surface area contributed by atoms with E-state index in [1.165, 1.54) is 21.3 Å². The first-order valence-electron chi connectivity index (χ1n) is 9.08. The summed E-state index contributed by atoms with van der Waals surface area (Å²) in [5.41, 5.74) is 0.416. The molecule has 0 aliphatic carbocycles. The molecule has 2 amide bonds. The molecule has 2 aliphatic rings. The number of rotatable bonds is 5. The van der Waals surface area contributed by atoms with E-state index < -0.39 is 6.10 Å². The highest BCUT2D eigenvalue weighted by Gasteiger charge is 2.33. The molecule has 27 heavy (non-hydrogen) atoms. The number of ether oxygens (including phenoxy) is 4. The number of methoxy groups -OCH3 is 3. The quantitative estimate of drug-likeness (QED) is 0.766. The van der Waals surface area contributed by atoms with E-state index in [1.807, 2.05) is 4.90 Å². The summed E-state index contributed by atoms with van der Waals surface area (Å²) in [6.07, 6.45) is 1.43. The van der Waals surface area contributed by atoms with Crippen LogP contribution in [0.3, 0.4) is 0 Å². The van der Waals surface area contributed by atoms with Crippen molar-refractivity contribution in [3.8, 4) is 17.2 Å². The fourth-order valence-electron chi connectivity index (χ4n) is 3.51. The van der Waals surface area contributed by atoms with Gasteiger partial charge in [0, 0.05) is 25.2 Å². The summed E-state index contributed by atoms with van der Waals surface area (Å²) in [6.45, 7) is 2.53. The molecule has 0 bridgehead atoms. The van der Waals surface area contributed by atoms with Crippen molar-refractivity contribution in [2.24, 2.45) is 0 Å². The molecule has 0 N–H and O–H groups in total. The van der Waals surface area contributed by atoms with Crippen LogP contribution in [0, 0.1) is 0 Å². The predicted octanol–water partition coefficient (Wildman–Crippen LogP) is 1.18. The number of carbonyl (C=O) groups excluding carboxylic acids is 2. The van der Waals surface area contributed by atoms with Gasteiger partial charge in [-0.1, -0.05) is 0 Å². The first-order chi connectivity index (χ1) is 13.1. The molecule has 0 spiro atoms. The molecule has 2 aliphatic heterocycles. The van der Waals surface area contributed by atoms with Gasteiger partial charge in [-0.3, -0.25) is 9.59 Å². The summed E-state index contributed by atoms with van der Waals surface area (Å²) in [4.78, 5) is 29.1. The SMILES string of the molecule is COc1cc(C(=O)N2CCO[C@@H](C(=O)N3CCCC3)C2)cc(OC)c1OC. The summed E-state index contributed by atoms with van der Waals surface area (Å²) in [7, 11) is 4.52. The Morgan fingerprint density at radius 1 is 0.963 bits per heavy atom. The van der Waals surface area contributed by atoms with Crippen molar-refractivity contribution in [1.29, 1.82) is 0 Å². The Bertz CT molecular complexity index is 676. The van der Waals surface area contributed by atoms with Gasteiger partial charge in [-0.05, 0) is 25.0 Å². The first kappa shape index (κ1) is 19.3. The number of morpholine rings is 1. The number of hydrogen-bond donors (Lipinski definition) is 0. The third-order valence-corrected chi connectivity index (χ3v) is 4.96. The van der Waals surface area contributed by atoms with Crippen molar-refractivity contribution in [2.45, 2.75) is 18.9 Å². The van der Waals surface area contributed by atoms with Crippen LogP contribution in [0.15, 0.2) is 12.1 Å². The molecule has 2 fully saturated rings. The topological polar surface area (TPSA) is 77.5 Å². The van der Waals surface area contributed by atoms with Crippen LogP contribution in [0.25, 0.3) is 0 Å². The van der Waals surface area contributed by atoms with Gasteiger partial charge in [0.1, 0.15) is 0 Å². The molecular weight excluding hydrogens is 352 g/mol. The molecule has 1 atom stereocenters. The molecule has 148 valence electrons. The number of likely N-dealkylation sites (tertiary alicyclic amines) is 1. The van der Waals surface area contributed by atoms with Crippen molar-refractivity contribution in [2.75, 3.05) is 54.1 Å². The monoisotopic (exact) mass is 378 g/mol. The molecule has 8 heteroatoms. The Balaban J connectivity index is 1.77. The second kappa shape index (κ2) is 8.47. The van der Waals surface area contributed by atoms with Gasteiger partial charge in [0.05, 0.1) is 34.5 Å². The molecule has 1 aromatic carbocycles. The molecule has 3 rings (SSSR count). The van der Waals surface area contributed by atoms with E-state index in [0.29, 0.717) is 36.0 Å². The van der Waals surface area contributed by atoms with E-state index in [-0.39, 0.29) is 18.4 Å². The number of amides is 2. The normalized spacial score (nSPS) is 19.7. The maximum atomic E-state index is 13.0. The van der Waals surface area contributed by atoms with Crippen molar-refractivity contribution in [1.82, 2.24) is 9.80 Å². The Morgan fingerprint density at radius 2 is 1.59 bits per heavy atom. The third-order valence-electron chi connectivity index (χ3n) is 4.96. The smallest absolute Gasteiger partial charge is 0.254 e. The van der Waals surface area contributed by atoms with Crippen molar-refractivity contribution in [3.05, 3.63) is 17.7 Å². The van der Waals surface area contributed by atoms with Crippen LogP contribution >= 0.6 is 0 Å². The van der Waals surface area contributed by atoms with Crippen molar-refractivity contribution >= 4 is 11.8 Å². The van der Waals surface area contributed by atoms with Gasteiger partial charge < -0.3 is 28.7 Å². The molecule has 0 aromatic heterocycles. The Kier molecular flexibility index (Phi) is 6.05. The molecular formula is C19H26N2O6. The van der Waals surface area contributed by atoms with Gasteiger partial charge >= 0.3 is 0 Å². The van der Waals surface area contributed by atoms with Crippen molar-refractivity contribution < 1.29 is 28.5 Å². The second-order valence-electron chi connectivity index (χ2n) is 6.56. The molecule has 8 nitrogen and oxygen atoms in total. The second-order valence-corrected chi connectivity index (χ2v) is 6.56. The molecule has 1 aromatic rings. The van der Waals surface area contributed by atoms with Gasteiger partial charge in [0.15, 0.2) is 17.6 Å². The lowest BCUT2D eigenvalue weighted by Gasteiger charge is -2.34. The van der Waals surface area contributed by atoms with E-state index in [9.17, 15) is 9.59 Å². The molecule has 0 saturated carbocycles. The van der Waals surface area contributed by atoms with E-state index >= 15 is 0 Å². The zero-order valence-electron chi connectivity index (χ0n) is 16.0. The lowest BCUT2D eigenvalue weighted by molar-refractivity contribution is -0.147. The third kappa shape index (κ3) is 3.95. The molecule has 2 heterocycles. The Morgan fingerprint density at radius 3 is 2.15 bits per heavy atom. The minimum Gasteiger partial charge on any atom is -0.493 e. The number of carbonyl (C=O) groups is 2. The largest absolute Gasteiger partial charge is 0.493 e. The molecule has 2 saturated heterocycles. The maximum Gasteiger partial charge on any atom is 0.254 e. The fraction of sp³-hybridized carbons (Fsp3) is 0.579. The van der Waals surface area contributed by atoms with Gasteiger partial charge in [0.2, 0.25) is 5.75 Å². The van der Waals surface area contributed by atoms with E-state index in [2.05, 4.69) is 0 Å². The number of benzene rings is 1. The average Bonchev–Trinajstić information content (AvgIpc) is 3.26. The maximum absolute atomic E-state index is 13.0. The highest BCUT2D eigenvalue weighted by molar-refractivity contribution is 5.96. The highest BCUT2D eigenvalue weighted by Crippen LogP contribution is 2.38. The minimum atomic E-state index is -0.608. The Labute approximate surface area is 158 Å². The van der Waals surface area contributed by atoms with Crippen LogP contribution in [-0.4, -0.2) is 81.8 Å². The van der Waals surface area contributed by atoms with Crippen molar-refractivity contribution in [3.63, 3.8) is 0 Å².